The molecule has 4 heteroatoms. The minimum Gasteiger partial charge on any atom is -0.444 e. The summed E-state index contributed by atoms with van der Waals surface area (Å²) >= 11 is 0. The van der Waals surface area contributed by atoms with Gasteiger partial charge >= 0.3 is 0 Å². The Kier molecular flexibility index (Phi) is 3.62. The molecule has 1 aliphatic heterocycles. The summed E-state index contributed by atoms with van der Waals surface area (Å²) in [4.78, 5) is 6.90. The van der Waals surface area contributed by atoms with Gasteiger partial charge in [0, 0.05) is 24.7 Å². The maximum absolute atomic E-state index is 5.99. The van der Waals surface area contributed by atoms with Crippen LogP contribution in [0.15, 0.2) is 41.0 Å². The molecule has 1 saturated heterocycles. The summed E-state index contributed by atoms with van der Waals surface area (Å²) < 4.78 is 5.55. The van der Waals surface area contributed by atoms with Crippen molar-refractivity contribution in [1.29, 1.82) is 0 Å². The third-order valence-corrected chi connectivity index (χ3v) is 3.50. The topological polar surface area (TPSA) is 55.3 Å². The Balaban J connectivity index is 1.68. The molecule has 0 radical (unpaired) electrons. The molecule has 0 bridgehead atoms. The van der Waals surface area contributed by atoms with E-state index in [9.17, 15) is 0 Å². The molecule has 2 aromatic rings. The van der Waals surface area contributed by atoms with E-state index in [-0.39, 0.29) is 0 Å². The summed E-state index contributed by atoms with van der Waals surface area (Å²) in [6, 6.07) is 10.3. The van der Waals surface area contributed by atoms with Crippen molar-refractivity contribution in [2.24, 2.45) is 5.73 Å². The summed E-state index contributed by atoms with van der Waals surface area (Å²) in [7, 11) is 0. The zero-order valence-electron chi connectivity index (χ0n) is 11.0. The number of hydrogen-bond acceptors (Lipinski definition) is 4. The number of oxazole rings is 1. The van der Waals surface area contributed by atoms with Crippen molar-refractivity contribution < 1.29 is 4.42 Å². The second-order valence-corrected chi connectivity index (χ2v) is 5.15. The molecule has 1 aromatic heterocycles. The van der Waals surface area contributed by atoms with Crippen molar-refractivity contribution >= 4 is 0 Å². The molecule has 0 spiro atoms. The third-order valence-electron chi connectivity index (χ3n) is 3.50. The van der Waals surface area contributed by atoms with Crippen LogP contribution in [-0.2, 0) is 6.54 Å². The zero-order chi connectivity index (χ0) is 13.1. The summed E-state index contributed by atoms with van der Waals surface area (Å²) in [5, 5.41) is 0. The molecule has 1 aromatic carbocycles. The van der Waals surface area contributed by atoms with Gasteiger partial charge in [-0.05, 0) is 31.5 Å². The predicted molar refractivity (Wildman–Crippen MR) is 74.4 cm³/mol. The maximum atomic E-state index is 5.99. The second-order valence-electron chi connectivity index (χ2n) is 5.15. The lowest BCUT2D eigenvalue weighted by molar-refractivity contribution is 0.199. The van der Waals surface area contributed by atoms with Crippen LogP contribution in [0.25, 0.3) is 11.5 Å². The first kappa shape index (κ1) is 12.4. The Bertz CT molecular complexity index is 523. The lowest BCUT2D eigenvalue weighted by atomic mass is 10.1. The van der Waals surface area contributed by atoms with E-state index in [0.717, 1.165) is 37.3 Å². The first-order valence-corrected chi connectivity index (χ1v) is 6.79. The average Bonchev–Trinajstić information content (AvgIpc) is 2.88. The van der Waals surface area contributed by atoms with Gasteiger partial charge in [-0.3, -0.25) is 4.90 Å². The Morgan fingerprint density at radius 3 is 2.95 bits per heavy atom. The zero-order valence-corrected chi connectivity index (χ0v) is 11.0. The molecule has 0 aliphatic carbocycles. The number of nitrogens with two attached hydrogens (primary N) is 1. The van der Waals surface area contributed by atoms with Gasteiger partial charge in [0.25, 0.3) is 0 Å². The number of hydrogen-bond donors (Lipinski definition) is 1. The second kappa shape index (κ2) is 5.55. The molecule has 2 heterocycles. The van der Waals surface area contributed by atoms with E-state index in [1.54, 1.807) is 6.26 Å². The number of likely N-dealkylation sites (tertiary alicyclic amines) is 1. The van der Waals surface area contributed by atoms with Crippen LogP contribution >= 0.6 is 0 Å². The van der Waals surface area contributed by atoms with Gasteiger partial charge in [0.2, 0.25) is 5.89 Å². The first-order chi connectivity index (χ1) is 9.31. The quantitative estimate of drug-likeness (QED) is 0.916. The van der Waals surface area contributed by atoms with E-state index in [4.69, 9.17) is 10.2 Å². The first-order valence-electron chi connectivity index (χ1n) is 6.79. The molecule has 19 heavy (non-hydrogen) atoms. The van der Waals surface area contributed by atoms with Crippen LogP contribution in [0.1, 0.15) is 18.5 Å². The fourth-order valence-corrected chi connectivity index (χ4v) is 2.56. The Morgan fingerprint density at radius 1 is 1.32 bits per heavy atom. The molecule has 1 fully saturated rings. The highest BCUT2D eigenvalue weighted by atomic mass is 16.3. The van der Waals surface area contributed by atoms with Crippen molar-refractivity contribution in [1.82, 2.24) is 9.88 Å². The minimum atomic E-state index is 0.300. The number of rotatable bonds is 3. The number of piperidine rings is 1. The van der Waals surface area contributed by atoms with Gasteiger partial charge < -0.3 is 10.2 Å². The number of aromatic nitrogens is 1. The highest BCUT2D eigenvalue weighted by molar-refractivity contribution is 5.52. The largest absolute Gasteiger partial charge is 0.444 e. The van der Waals surface area contributed by atoms with E-state index >= 15 is 0 Å². The number of nitrogens with zero attached hydrogens (tertiary/aromatic N) is 2. The standard InChI is InChI=1S/C15H19N3O/c16-13-7-4-8-18(9-13)10-14-11-19-15(17-14)12-5-2-1-3-6-12/h1-3,5-6,11,13H,4,7-10,16H2/t13-/m1/s1. The van der Waals surface area contributed by atoms with Crippen molar-refractivity contribution in [3.05, 3.63) is 42.3 Å². The van der Waals surface area contributed by atoms with Crippen LogP contribution in [0.2, 0.25) is 0 Å². The molecule has 100 valence electrons. The van der Waals surface area contributed by atoms with Gasteiger partial charge in [0.05, 0.1) is 5.69 Å². The summed E-state index contributed by atoms with van der Waals surface area (Å²) in [6.07, 6.45) is 4.05. The van der Waals surface area contributed by atoms with Crippen LogP contribution in [0.5, 0.6) is 0 Å². The van der Waals surface area contributed by atoms with Gasteiger partial charge in [-0.2, -0.15) is 0 Å². The normalized spacial score (nSPS) is 20.6. The molecular weight excluding hydrogens is 238 g/mol. The Hall–Kier alpha value is -1.65. The van der Waals surface area contributed by atoms with E-state index in [1.807, 2.05) is 30.3 Å². The van der Waals surface area contributed by atoms with Crippen LogP contribution in [0.4, 0.5) is 0 Å². The van der Waals surface area contributed by atoms with Gasteiger partial charge in [0.1, 0.15) is 6.26 Å². The Labute approximate surface area is 113 Å². The van der Waals surface area contributed by atoms with Crippen LogP contribution in [0, 0.1) is 0 Å². The fourth-order valence-electron chi connectivity index (χ4n) is 2.56. The van der Waals surface area contributed by atoms with Crippen molar-refractivity contribution in [3.63, 3.8) is 0 Å². The fraction of sp³-hybridized carbons (Fsp3) is 0.400. The maximum Gasteiger partial charge on any atom is 0.226 e. The van der Waals surface area contributed by atoms with E-state index < -0.39 is 0 Å². The summed E-state index contributed by atoms with van der Waals surface area (Å²) in [6.45, 7) is 2.87. The molecule has 0 amide bonds. The SMILES string of the molecule is N[C@@H]1CCCN(Cc2coc(-c3ccccc3)n2)C1. The van der Waals surface area contributed by atoms with Crippen LogP contribution in [-0.4, -0.2) is 29.0 Å². The monoisotopic (exact) mass is 257 g/mol. The van der Waals surface area contributed by atoms with Gasteiger partial charge in [0.15, 0.2) is 0 Å². The van der Waals surface area contributed by atoms with Gasteiger partial charge in [-0.15, -0.1) is 0 Å². The average molecular weight is 257 g/mol. The lowest BCUT2D eigenvalue weighted by Gasteiger charge is -2.29. The number of benzene rings is 1. The van der Waals surface area contributed by atoms with Crippen LogP contribution < -0.4 is 5.73 Å². The lowest BCUT2D eigenvalue weighted by Crippen LogP contribution is -2.42. The van der Waals surface area contributed by atoms with E-state index in [2.05, 4.69) is 9.88 Å². The molecule has 1 atom stereocenters. The molecule has 4 nitrogen and oxygen atoms in total. The van der Waals surface area contributed by atoms with Crippen LogP contribution in [0.3, 0.4) is 0 Å². The van der Waals surface area contributed by atoms with E-state index in [1.165, 1.54) is 6.42 Å². The van der Waals surface area contributed by atoms with Crippen molar-refractivity contribution in [2.75, 3.05) is 13.1 Å². The molecule has 2 N–H and O–H groups in total. The summed E-state index contributed by atoms with van der Waals surface area (Å²) in [5.41, 5.74) is 7.99. The predicted octanol–water partition coefficient (Wildman–Crippen LogP) is 2.26. The third kappa shape index (κ3) is 3.03. The highest BCUT2D eigenvalue weighted by Crippen LogP contribution is 2.19. The summed E-state index contributed by atoms with van der Waals surface area (Å²) in [5.74, 6) is 0.692. The molecular formula is C15H19N3O. The molecule has 1 aliphatic rings. The van der Waals surface area contributed by atoms with Gasteiger partial charge in [-0.25, -0.2) is 4.98 Å². The van der Waals surface area contributed by atoms with Crippen molar-refractivity contribution in [2.45, 2.75) is 25.4 Å². The highest BCUT2D eigenvalue weighted by Gasteiger charge is 2.18. The van der Waals surface area contributed by atoms with E-state index in [0.29, 0.717) is 11.9 Å². The minimum absolute atomic E-state index is 0.300. The molecule has 0 unspecified atom stereocenters. The molecule has 3 rings (SSSR count). The Morgan fingerprint density at radius 2 is 2.16 bits per heavy atom. The van der Waals surface area contributed by atoms with Crippen molar-refractivity contribution in [3.8, 4) is 11.5 Å². The van der Waals surface area contributed by atoms with Gasteiger partial charge in [-0.1, -0.05) is 18.2 Å². The molecule has 0 saturated carbocycles. The smallest absolute Gasteiger partial charge is 0.226 e.